The largest absolute Gasteiger partial charge is 0.349 e. The Morgan fingerprint density at radius 1 is 1.10 bits per heavy atom. The third-order valence-electron chi connectivity index (χ3n) is 3.92. The van der Waals surface area contributed by atoms with E-state index in [0.29, 0.717) is 17.8 Å². The van der Waals surface area contributed by atoms with Gasteiger partial charge in [0.05, 0.1) is 0 Å². The molecule has 1 aromatic heterocycles. The number of nitrogen functional groups attached to an aromatic ring is 1. The number of hydrazine groups is 1. The number of hydrogen-bond acceptors (Lipinski definition) is 7. The van der Waals surface area contributed by atoms with Gasteiger partial charge in [-0.2, -0.15) is 15.0 Å². The summed E-state index contributed by atoms with van der Waals surface area (Å²) in [7, 11) is 0. The SMILES string of the molecule is CCN(CC)c1nc(NN)nc(NC2(C)CCCC2)n1. The van der Waals surface area contributed by atoms with Crippen LogP contribution in [0.3, 0.4) is 0 Å². The minimum Gasteiger partial charge on any atom is -0.349 e. The molecule has 1 saturated carbocycles. The molecule has 20 heavy (non-hydrogen) atoms. The van der Waals surface area contributed by atoms with Gasteiger partial charge in [0.15, 0.2) is 0 Å². The number of nitrogens with zero attached hydrogens (tertiary/aromatic N) is 4. The molecule has 1 aromatic rings. The molecule has 0 aromatic carbocycles. The molecule has 2 rings (SSSR count). The van der Waals surface area contributed by atoms with Gasteiger partial charge in [-0.3, -0.25) is 5.43 Å². The van der Waals surface area contributed by atoms with E-state index in [1.807, 2.05) is 0 Å². The second kappa shape index (κ2) is 6.21. The van der Waals surface area contributed by atoms with E-state index in [4.69, 9.17) is 5.84 Å². The summed E-state index contributed by atoms with van der Waals surface area (Å²) in [5.41, 5.74) is 2.60. The molecule has 1 aliphatic carbocycles. The lowest BCUT2D eigenvalue weighted by molar-refractivity contribution is 0.528. The van der Waals surface area contributed by atoms with Crippen molar-refractivity contribution in [3.05, 3.63) is 0 Å². The summed E-state index contributed by atoms with van der Waals surface area (Å²) in [6.45, 7) is 8.07. The van der Waals surface area contributed by atoms with Crippen molar-refractivity contribution in [2.24, 2.45) is 5.84 Å². The molecular formula is C13H25N7. The average Bonchev–Trinajstić information content (AvgIpc) is 2.86. The quantitative estimate of drug-likeness (QED) is 0.539. The Labute approximate surface area is 120 Å². The molecule has 4 N–H and O–H groups in total. The lowest BCUT2D eigenvalue weighted by Gasteiger charge is -2.26. The van der Waals surface area contributed by atoms with Gasteiger partial charge < -0.3 is 10.2 Å². The van der Waals surface area contributed by atoms with E-state index in [9.17, 15) is 0 Å². The average molecular weight is 279 g/mol. The van der Waals surface area contributed by atoms with Gasteiger partial charge in [0.2, 0.25) is 17.8 Å². The standard InChI is InChI=1S/C13H25N7/c1-4-20(5-2)12-16-10(15-11(17-12)19-14)18-13(3)8-6-7-9-13/h4-9,14H2,1-3H3,(H2,15,16,17,18,19). The van der Waals surface area contributed by atoms with E-state index in [2.05, 4.69) is 51.4 Å². The highest BCUT2D eigenvalue weighted by Crippen LogP contribution is 2.32. The number of rotatable bonds is 6. The molecule has 1 aliphatic rings. The predicted octanol–water partition coefficient (Wildman–Crippen LogP) is 1.75. The number of hydrogen-bond donors (Lipinski definition) is 3. The molecule has 0 saturated heterocycles. The van der Waals surface area contributed by atoms with Crippen LogP contribution in [0.5, 0.6) is 0 Å². The summed E-state index contributed by atoms with van der Waals surface area (Å²) in [5.74, 6) is 7.11. The van der Waals surface area contributed by atoms with Gasteiger partial charge in [-0.25, -0.2) is 5.84 Å². The Kier molecular flexibility index (Phi) is 4.59. The Morgan fingerprint density at radius 3 is 2.25 bits per heavy atom. The van der Waals surface area contributed by atoms with Crippen molar-refractivity contribution < 1.29 is 0 Å². The predicted molar refractivity (Wildman–Crippen MR) is 81.7 cm³/mol. The van der Waals surface area contributed by atoms with Crippen LogP contribution in [0.15, 0.2) is 0 Å². The van der Waals surface area contributed by atoms with Crippen LogP contribution in [0, 0.1) is 0 Å². The second-order valence-electron chi connectivity index (χ2n) is 5.49. The van der Waals surface area contributed by atoms with Crippen LogP contribution in [0.2, 0.25) is 0 Å². The maximum Gasteiger partial charge on any atom is 0.243 e. The van der Waals surface area contributed by atoms with Crippen molar-refractivity contribution in [1.82, 2.24) is 15.0 Å². The minimum absolute atomic E-state index is 0.0771. The van der Waals surface area contributed by atoms with Gasteiger partial charge in [0.25, 0.3) is 0 Å². The third kappa shape index (κ3) is 3.27. The molecule has 0 radical (unpaired) electrons. The number of nitrogens with one attached hydrogen (secondary N) is 2. The molecule has 0 amide bonds. The van der Waals surface area contributed by atoms with Gasteiger partial charge in [-0.15, -0.1) is 0 Å². The molecule has 0 aliphatic heterocycles. The highest BCUT2D eigenvalue weighted by Gasteiger charge is 2.29. The first-order valence-corrected chi connectivity index (χ1v) is 7.36. The van der Waals surface area contributed by atoms with Crippen molar-refractivity contribution in [2.45, 2.75) is 52.0 Å². The van der Waals surface area contributed by atoms with E-state index in [0.717, 1.165) is 25.9 Å². The fraction of sp³-hybridized carbons (Fsp3) is 0.769. The van der Waals surface area contributed by atoms with E-state index in [1.54, 1.807) is 0 Å². The summed E-state index contributed by atoms with van der Waals surface area (Å²) < 4.78 is 0. The molecule has 0 atom stereocenters. The normalized spacial score (nSPS) is 17.0. The zero-order chi connectivity index (χ0) is 14.6. The van der Waals surface area contributed by atoms with Crippen molar-refractivity contribution in [1.29, 1.82) is 0 Å². The topological polar surface area (TPSA) is 92.0 Å². The zero-order valence-corrected chi connectivity index (χ0v) is 12.6. The van der Waals surface area contributed by atoms with Crippen LogP contribution in [-0.4, -0.2) is 33.6 Å². The molecule has 7 nitrogen and oxygen atoms in total. The van der Waals surface area contributed by atoms with Gasteiger partial charge in [-0.1, -0.05) is 12.8 Å². The molecule has 0 bridgehead atoms. The lowest BCUT2D eigenvalue weighted by atomic mass is 10.0. The first-order chi connectivity index (χ1) is 9.60. The maximum absolute atomic E-state index is 5.46. The van der Waals surface area contributed by atoms with E-state index in [1.165, 1.54) is 12.8 Å². The molecule has 1 heterocycles. The summed E-state index contributed by atoms with van der Waals surface area (Å²) in [6.07, 6.45) is 4.79. The van der Waals surface area contributed by atoms with E-state index < -0.39 is 0 Å². The van der Waals surface area contributed by atoms with Gasteiger partial charge in [-0.05, 0) is 33.6 Å². The van der Waals surface area contributed by atoms with Gasteiger partial charge >= 0.3 is 0 Å². The fourth-order valence-corrected chi connectivity index (χ4v) is 2.68. The summed E-state index contributed by atoms with van der Waals surface area (Å²) in [4.78, 5) is 15.2. The smallest absolute Gasteiger partial charge is 0.243 e. The third-order valence-corrected chi connectivity index (χ3v) is 3.92. The summed E-state index contributed by atoms with van der Waals surface area (Å²) in [5, 5.41) is 3.45. The molecule has 0 unspecified atom stereocenters. The van der Waals surface area contributed by atoms with Crippen LogP contribution in [-0.2, 0) is 0 Å². The van der Waals surface area contributed by atoms with Crippen molar-refractivity contribution >= 4 is 17.8 Å². The Bertz CT molecular complexity index is 438. The number of nitrogens with two attached hydrogens (primary N) is 1. The Hall–Kier alpha value is -1.63. The monoisotopic (exact) mass is 279 g/mol. The van der Waals surface area contributed by atoms with Crippen LogP contribution in [0.25, 0.3) is 0 Å². The maximum atomic E-state index is 5.46. The van der Waals surface area contributed by atoms with E-state index >= 15 is 0 Å². The minimum atomic E-state index is 0.0771. The van der Waals surface area contributed by atoms with Crippen molar-refractivity contribution in [3.8, 4) is 0 Å². The molecule has 0 spiro atoms. The highest BCUT2D eigenvalue weighted by molar-refractivity contribution is 5.44. The van der Waals surface area contributed by atoms with Gasteiger partial charge in [0.1, 0.15) is 0 Å². The number of aromatic nitrogens is 3. The van der Waals surface area contributed by atoms with Gasteiger partial charge in [0, 0.05) is 18.6 Å². The van der Waals surface area contributed by atoms with Crippen LogP contribution >= 0.6 is 0 Å². The summed E-state index contributed by atoms with van der Waals surface area (Å²) >= 11 is 0. The van der Waals surface area contributed by atoms with Crippen LogP contribution in [0.1, 0.15) is 46.5 Å². The molecule has 1 fully saturated rings. The molecule has 7 heteroatoms. The molecular weight excluding hydrogens is 254 g/mol. The Morgan fingerprint density at radius 2 is 1.70 bits per heavy atom. The van der Waals surface area contributed by atoms with E-state index in [-0.39, 0.29) is 5.54 Å². The second-order valence-corrected chi connectivity index (χ2v) is 5.49. The lowest BCUT2D eigenvalue weighted by Crippen LogP contribution is -2.33. The fourth-order valence-electron chi connectivity index (χ4n) is 2.68. The zero-order valence-electron chi connectivity index (χ0n) is 12.6. The van der Waals surface area contributed by atoms with Crippen LogP contribution in [0.4, 0.5) is 17.8 Å². The number of anilines is 3. The van der Waals surface area contributed by atoms with Crippen LogP contribution < -0.4 is 21.5 Å². The Balaban J connectivity index is 2.25. The highest BCUT2D eigenvalue weighted by atomic mass is 15.4. The first-order valence-electron chi connectivity index (χ1n) is 7.36. The van der Waals surface area contributed by atoms with Crippen molar-refractivity contribution in [3.63, 3.8) is 0 Å². The summed E-state index contributed by atoms with van der Waals surface area (Å²) in [6, 6.07) is 0. The molecule has 112 valence electrons. The van der Waals surface area contributed by atoms with Crippen molar-refractivity contribution in [2.75, 3.05) is 28.7 Å². The first kappa shape index (κ1) is 14.8.